The molecule has 1 aliphatic rings. The van der Waals surface area contributed by atoms with Gasteiger partial charge < -0.3 is 4.74 Å². The summed E-state index contributed by atoms with van der Waals surface area (Å²) in [4.78, 5) is 12.2. The van der Waals surface area contributed by atoms with E-state index in [1.807, 2.05) is 24.3 Å². The number of hydrogen-bond donors (Lipinski definition) is 0. The van der Waals surface area contributed by atoms with Crippen LogP contribution in [0.5, 0.6) is 0 Å². The van der Waals surface area contributed by atoms with Gasteiger partial charge in [-0.15, -0.1) is 0 Å². The Kier molecular flexibility index (Phi) is 5.44. The zero-order chi connectivity index (χ0) is 15.4. The molecule has 1 aliphatic carbocycles. The number of rotatable bonds is 4. The van der Waals surface area contributed by atoms with Crippen LogP contribution in [0.1, 0.15) is 51.2 Å². The van der Waals surface area contributed by atoms with E-state index < -0.39 is 0 Å². The van der Waals surface area contributed by atoms with Gasteiger partial charge in [0.05, 0.1) is 6.42 Å². The van der Waals surface area contributed by atoms with E-state index in [1.165, 1.54) is 18.4 Å². The third-order valence-electron chi connectivity index (χ3n) is 4.71. The Morgan fingerprint density at radius 3 is 2.52 bits per heavy atom. The van der Waals surface area contributed by atoms with Crippen molar-refractivity contribution >= 4 is 5.97 Å². The second-order valence-electron chi connectivity index (χ2n) is 7.02. The molecule has 1 aromatic rings. The zero-order valence-corrected chi connectivity index (χ0v) is 13.8. The Morgan fingerprint density at radius 2 is 1.90 bits per heavy atom. The lowest BCUT2D eigenvalue weighted by molar-refractivity contribution is -0.155. The van der Waals surface area contributed by atoms with Gasteiger partial charge in [0.2, 0.25) is 0 Å². The molecule has 0 bridgehead atoms. The molecule has 1 fully saturated rings. The Labute approximate surface area is 128 Å². The van der Waals surface area contributed by atoms with Crippen LogP contribution in [-0.2, 0) is 16.0 Å². The molecule has 3 atom stereocenters. The van der Waals surface area contributed by atoms with Crippen molar-refractivity contribution in [3.63, 3.8) is 0 Å². The molecule has 3 unspecified atom stereocenters. The van der Waals surface area contributed by atoms with Crippen molar-refractivity contribution < 1.29 is 9.53 Å². The summed E-state index contributed by atoms with van der Waals surface area (Å²) in [5.74, 6) is 1.68. The summed E-state index contributed by atoms with van der Waals surface area (Å²) in [6, 6.07) is 8.12. The molecule has 0 amide bonds. The summed E-state index contributed by atoms with van der Waals surface area (Å²) in [6.45, 7) is 8.79. The lowest BCUT2D eigenvalue weighted by atomic mass is 9.75. The van der Waals surface area contributed by atoms with E-state index in [0.717, 1.165) is 12.0 Å². The molecular weight excluding hydrogens is 260 g/mol. The van der Waals surface area contributed by atoms with E-state index in [9.17, 15) is 4.79 Å². The van der Waals surface area contributed by atoms with Gasteiger partial charge in [0, 0.05) is 0 Å². The quantitative estimate of drug-likeness (QED) is 0.760. The molecule has 0 radical (unpaired) electrons. The number of hydrogen-bond acceptors (Lipinski definition) is 2. The molecule has 1 saturated carbocycles. The van der Waals surface area contributed by atoms with Crippen molar-refractivity contribution in [2.24, 2.45) is 17.8 Å². The van der Waals surface area contributed by atoms with Gasteiger partial charge >= 0.3 is 5.97 Å². The fraction of sp³-hybridized carbons (Fsp3) is 0.632. The summed E-state index contributed by atoms with van der Waals surface area (Å²) >= 11 is 0. The van der Waals surface area contributed by atoms with Crippen LogP contribution in [0.25, 0.3) is 0 Å². The summed E-state index contributed by atoms with van der Waals surface area (Å²) in [6.07, 6.45) is 3.95. The molecule has 21 heavy (non-hydrogen) atoms. The van der Waals surface area contributed by atoms with Crippen molar-refractivity contribution in [3.8, 4) is 0 Å². The first-order valence-electron chi connectivity index (χ1n) is 8.20. The molecule has 0 spiro atoms. The molecule has 0 heterocycles. The van der Waals surface area contributed by atoms with Gasteiger partial charge in [-0.25, -0.2) is 0 Å². The second kappa shape index (κ2) is 7.11. The van der Waals surface area contributed by atoms with E-state index in [0.29, 0.717) is 24.2 Å². The number of ether oxygens (including phenoxy) is 1. The monoisotopic (exact) mass is 288 g/mol. The van der Waals surface area contributed by atoms with Gasteiger partial charge in [-0.2, -0.15) is 0 Å². The number of carbonyl (C=O) groups is 1. The summed E-state index contributed by atoms with van der Waals surface area (Å²) in [5.41, 5.74) is 2.25. The Hall–Kier alpha value is -1.31. The van der Waals surface area contributed by atoms with E-state index in [1.54, 1.807) is 0 Å². The molecule has 0 saturated heterocycles. The maximum atomic E-state index is 12.2. The molecule has 1 aromatic carbocycles. The van der Waals surface area contributed by atoms with Gasteiger partial charge in [0.25, 0.3) is 0 Å². The third-order valence-corrected chi connectivity index (χ3v) is 4.71. The van der Waals surface area contributed by atoms with Gasteiger partial charge in [0.1, 0.15) is 6.10 Å². The Balaban J connectivity index is 1.94. The van der Waals surface area contributed by atoms with Crippen LogP contribution < -0.4 is 0 Å². The maximum absolute atomic E-state index is 12.2. The minimum absolute atomic E-state index is 0.0800. The molecule has 116 valence electrons. The SMILES string of the molecule is Cc1ccc(CC(=O)OC2CC(C)CCC2C(C)C)cc1. The van der Waals surface area contributed by atoms with E-state index in [4.69, 9.17) is 4.74 Å². The van der Waals surface area contributed by atoms with Crippen molar-refractivity contribution in [1.29, 1.82) is 0 Å². The average molecular weight is 288 g/mol. The van der Waals surface area contributed by atoms with E-state index in [2.05, 4.69) is 27.7 Å². The Morgan fingerprint density at radius 1 is 1.24 bits per heavy atom. The molecular formula is C19H28O2. The summed E-state index contributed by atoms with van der Waals surface area (Å²) in [5, 5.41) is 0. The van der Waals surface area contributed by atoms with Crippen LogP contribution in [0.4, 0.5) is 0 Å². The van der Waals surface area contributed by atoms with Gasteiger partial charge in [-0.05, 0) is 43.1 Å². The van der Waals surface area contributed by atoms with Crippen LogP contribution in [-0.4, -0.2) is 12.1 Å². The largest absolute Gasteiger partial charge is 0.462 e. The molecule has 0 aliphatic heterocycles. The lowest BCUT2D eigenvalue weighted by Crippen LogP contribution is -2.36. The second-order valence-corrected chi connectivity index (χ2v) is 7.02. The zero-order valence-electron chi connectivity index (χ0n) is 13.8. The number of aryl methyl sites for hydroxylation is 1. The minimum Gasteiger partial charge on any atom is -0.462 e. The molecule has 2 heteroatoms. The highest BCUT2D eigenvalue weighted by atomic mass is 16.5. The third kappa shape index (κ3) is 4.59. The smallest absolute Gasteiger partial charge is 0.310 e. The lowest BCUT2D eigenvalue weighted by Gasteiger charge is -2.36. The number of carbonyl (C=O) groups excluding carboxylic acids is 1. The summed E-state index contributed by atoms with van der Waals surface area (Å²) < 4.78 is 5.83. The van der Waals surface area contributed by atoms with E-state index in [-0.39, 0.29) is 12.1 Å². The highest BCUT2D eigenvalue weighted by Gasteiger charge is 2.33. The van der Waals surface area contributed by atoms with Crippen molar-refractivity contribution in [3.05, 3.63) is 35.4 Å². The minimum atomic E-state index is -0.0800. The van der Waals surface area contributed by atoms with Crippen molar-refractivity contribution in [2.75, 3.05) is 0 Å². The predicted octanol–water partition coefficient (Wildman–Crippen LogP) is 4.54. The van der Waals surface area contributed by atoms with E-state index >= 15 is 0 Å². The standard InChI is InChI=1S/C19H28O2/c1-13(2)17-10-7-15(4)11-18(17)21-19(20)12-16-8-5-14(3)6-9-16/h5-6,8-9,13,15,17-18H,7,10-12H2,1-4H3. The van der Waals surface area contributed by atoms with Gasteiger partial charge in [0.15, 0.2) is 0 Å². The highest BCUT2D eigenvalue weighted by Crippen LogP contribution is 2.35. The average Bonchev–Trinajstić information content (AvgIpc) is 2.41. The van der Waals surface area contributed by atoms with Crippen molar-refractivity contribution in [1.82, 2.24) is 0 Å². The molecule has 0 aromatic heterocycles. The van der Waals surface area contributed by atoms with Crippen LogP contribution >= 0.6 is 0 Å². The molecule has 2 nitrogen and oxygen atoms in total. The normalized spacial score (nSPS) is 25.9. The van der Waals surface area contributed by atoms with Crippen LogP contribution in [0.3, 0.4) is 0 Å². The molecule has 2 rings (SSSR count). The first-order chi connectivity index (χ1) is 9.95. The first-order valence-corrected chi connectivity index (χ1v) is 8.20. The van der Waals surface area contributed by atoms with Crippen molar-refractivity contribution in [2.45, 2.75) is 59.5 Å². The first kappa shape index (κ1) is 16.1. The summed E-state index contributed by atoms with van der Waals surface area (Å²) in [7, 11) is 0. The van der Waals surface area contributed by atoms with Crippen LogP contribution in [0.15, 0.2) is 24.3 Å². The topological polar surface area (TPSA) is 26.3 Å². The predicted molar refractivity (Wildman–Crippen MR) is 86.1 cm³/mol. The molecule has 0 N–H and O–H groups in total. The Bertz CT molecular complexity index is 461. The fourth-order valence-electron chi connectivity index (χ4n) is 3.33. The highest BCUT2D eigenvalue weighted by molar-refractivity contribution is 5.72. The van der Waals surface area contributed by atoms with Gasteiger partial charge in [-0.3, -0.25) is 4.79 Å². The maximum Gasteiger partial charge on any atom is 0.310 e. The van der Waals surface area contributed by atoms with Crippen LogP contribution in [0, 0.1) is 24.7 Å². The fourth-order valence-corrected chi connectivity index (χ4v) is 3.33. The van der Waals surface area contributed by atoms with Crippen LogP contribution in [0.2, 0.25) is 0 Å². The van der Waals surface area contributed by atoms with Gasteiger partial charge in [-0.1, -0.05) is 57.0 Å². The number of esters is 1. The number of benzene rings is 1.